The van der Waals surface area contributed by atoms with Crippen molar-refractivity contribution in [1.29, 1.82) is 0 Å². The zero-order chi connectivity index (χ0) is 9.26. The fraction of sp³-hybridized carbons (Fsp3) is 0.500. The van der Waals surface area contributed by atoms with Crippen LogP contribution in [0.25, 0.3) is 5.57 Å². The SMILES string of the molecule is Cn1ccc(C2=CC(N)CCC2)n1. The van der Waals surface area contributed by atoms with E-state index in [4.69, 9.17) is 5.73 Å². The van der Waals surface area contributed by atoms with Gasteiger partial charge in [0.15, 0.2) is 0 Å². The standard InChI is InChI=1S/C10H15N3/c1-13-6-5-10(12-13)8-3-2-4-9(11)7-8/h5-7,9H,2-4,11H2,1H3. The van der Waals surface area contributed by atoms with Crippen molar-refractivity contribution >= 4 is 5.57 Å². The molecule has 0 radical (unpaired) electrons. The quantitative estimate of drug-likeness (QED) is 0.703. The van der Waals surface area contributed by atoms with Gasteiger partial charge in [-0.05, 0) is 30.9 Å². The number of nitrogens with two attached hydrogens (primary N) is 1. The summed E-state index contributed by atoms with van der Waals surface area (Å²) < 4.78 is 1.83. The van der Waals surface area contributed by atoms with Crippen molar-refractivity contribution in [3.8, 4) is 0 Å². The van der Waals surface area contributed by atoms with E-state index < -0.39 is 0 Å². The predicted octanol–water partition coefficient (Wildman–Crippen LogP) is 1.31. The van der Waals surface area contributed by atoms with Gasteiger partial charge in [0, 0.05) is 19.3 Å². The Labute approximate surface area is 78.2 Å². The van der Waals surface area contributed by atoms with Gasteiger partial charge in [0.2, 0.25) is 0 Å². The molecule has 0 amide bonds. The maximum absolute atomic E-state index is 5.86. The monoisotopic (exact) mass is 177 g/mol. The highest BCUT2D eigenvalue weighted by Crippen LogP contribution is 2.24. The summed E-state index contributed by atoms with van der Waals surface area (Å²) >= 11 is 0. The van der Waals surface area contributed by atoms with E-state index in [1.807, 2.05) is 24.0 Å². The Morgan fingerprint density at radius 2 is 2.46 bits per heavy atom. The molecule has 1 aromatic rings. The van der Waals surface area contributed by atoms with Gasteiger partial charge in [0.25, 0.3) is 0 Å². The number of hydrogen-bond acceptors (Lipinski definition) is 2. The Kier molecular flexibility index (Phi) is 2.19. The van der Waals surface area contributed by atoms with E-state index in [1.165, 1.54) is 12.0 Å². The van der Waals surface area contributed by atoms with E-state index in [-0.39, 0.29) is 6.04 Å². The normalized spacial score (nSPS) is 22.9. The van der Waals surface area contributed by atoms with Gasteiger partial charge in [-0.25, -0.2) is 0 Å². The first-order chi connectivity index (χ1) is 6.25. The van der Waals surface area contributed by atoms with Crippen LogP contribution in [0.5, 0.6) is 0 Å². The van der Waals surface area contributed by atoms with Gasteiger partial charge in [0.1, 0.15) is 0 Å². The molecule has 0 saturated carbocycles. The van der Waals surface area contributed by atoms with Crippen LogP contribution in [-0.2, 0) is 7.05 Å². The zero-order valence-electron chi connectivity index (χ0n) is 7.90. The highest BCUT2D eigenvalue weighted by Gasteiger charge is 2.12. The molecule has 0 fully saturated rings. The Morgan fingerprint density at radius 3 is 3.08 bits per heavy atom. The molecule has 2 N–H and O–H groups in total. The van der Waals surface area contributed by atoms with E-state index in [1.54, 1.807) is 0 Å². The van der Waals surface area contributed by atoms with Gasteiger partial charge in [-0.1, -0.05) is 6.08 Å². The fourth-order valence-electron chi connectivity index (χ4n) is 1.75. The van der Waals surface area contributed by atoms with Crippen molar-refractivity contribution in [2.45, 2.75) is 25.3 Å². The highest BCUT2D eigenvalue weighted by atomic mass is 15.2. The molecule has 0 bridgehead atoms. The summed E-state index contributed by atoms with van der Waals surface area (Å²) in [7, 11) is 1.94. The van der Waals surface area contributed by atoms with Gasteiger partial charge in [-0.2, -0.15) is 5.10 Å². The first-order valence-corrected chi connectivity index (χ1v) is 4.72. The second-order valence-corrected chi connectivity index (χ2v) is 3.62. The molecule has 1 aliphatic carbocycles. The summed E-state index contributed by atoms with van der Waals surface area (Å²) in [5, 5.41) is 4.36. The average Bonchev–Trinajstić information content (AvgIpc) is 2.52. The van der Waals surface area contributed by atoms with Crippen molar-refractivity contribution in [2.75, 3.05) is 0 Å². The molecule has 1 aromatic heterocycles. The third kappa shape index (κ3) is 1.80. The molecule has 3 nitrogen and oxygen atoms in total. The molecule has 1 aliphatic rings. The zero-order valence-corrected chi connectivity index (χ0v) is 7.90. The Balaban J connectivity index is 2.25. The lowest BCUT2D eigenvalue weighted by molar-refractivity contribution is 0.651. The summed E-state index contributed by atoms with van der Waals surface area (Å²) in [5.74, 6) is 0. The molecule has 3 heteroatoms. The summed E-state index contributed by atoms with van der Waals surface area (Å²) in [4.78, 5) is 0. The molecule has 1 unspecified atom stereocenters. The van der Waals surface area contributed by atoms with Crippen LogP contribution in [0.3, 0.4) is 0 Å². The van der Waals surface area contributed by atoms with Gasteiger partial charge in [0.05, 0.1) is 5.69 Å². The van der Waals surface area contributed by atoms with Gasteiger partial charge < -0.3 is 5.73 Å². The number of allylic oxidation sites excluding steroid dienone is 1. The van der Waals surface area contributed by atoms with Crippen LogP contribution in [0.2, 0.25) is 0 Å². The largest absolute Gasteiger partial charge is 0.324 e. The summed E-state index contributed by atoms with van der Waals surface area (Å²) in [5.41, 5.74) is 8.24. The molecular formula is C10H15N3. The Morgan fingerprint density at radius 1 is 1.62 bits per heavy atom. The van der Waals surface area contributed by atoms with E-state index >= 15 is 0 Å². The molecule has 0 aromatic carbocycles. The van der Waals surface area contributed by atoms with Crippen LogP contribution >= 0.6 is 0 Å². The fourth-order valence-corrected chi connectivity index (χ4v) is 1.75. The number of aromatic nitrogens is 2. The topological polar surface area (TPSA) is 43.8 Å². The first kappa shape index (κ1) is 8.51. The first-order valence-electron chi connectivity index (χ1n) is 4.72. The minimum Gasteiger partial charge on any atom is -0.324 e. The molecule has 1 heterocycles. The van der Waals surface area contributed by atoms with Crippen molar-refractivity contribution in [1.82, 2.24) is 9.78 Å². The lowest BCUT2D eigenvalue weighted by atomic mass is 9.94. The van der Waals surface area contributed by atoms with Crippen molar-refractivity contribution in [2.24, 2.45) is 12.8 Å². The lowest BCUT2D eigenvalue weighted by Crippen LogP contribution is -2.20. The van der Waals surface area contributed by atoms with Gasteiger partial charge >= 0.3 is 0 Å². The molecule has 0 saturated heterocycles. The lowest BCUT2D eigenvalue weighted by Gasteiger charge is -2.15. The second-order valence-electron chi connectivity index (χ2n) is 3.62. The van der Waals surface area contributed by atoms with Gasteiger partial charge in [-0.15, -0.1) is 0 Å². The molecule has 13 heavy (non-hydrogen) atoms. The molecule has 2 rings (SSSR count). The minimum atomic E-state index is 0.228. The minimum absolute atomic E-state index is 0.228. The predicted molar refractivity (Wildman–Crippen MR) is 53.0 cm³/mol. The third-order valence-corrected chi connectivity index (χ3v) is 2.44. The van der Waals surface area contributed by atoms with Gasteiger partial charge in [-0.3, -0.25) is 4.68 Å². The number of hydrogen-bond donors (Lipinski definition) is 1. The molecule has 70 valence electrons. The van der Waals surface area contributed by atoms with Crippen LogP contribution in [0.15, 0.2) is 18.3 Å². The van der Waals surface area contributed by atoms with E-state index in [0.29, 0.717) is 0 Å². The van der Waals surface area contributed by atoms with Crippen LogP contribution in [0, 0.1) is 0 Å². The average molecular weight is 177 g/mol. The van der Waals surface area contributed by atoms with Crippen molar-refractivity contribution in [3.05, 3.63) is 24.0 Å². The third-order valence-electron chi connectivity index (χ3n) is 2.44. The maximum Gasteiger partial charge on any atom is 0.0880 e. The summed E-state index contributed by atoms with van der Waals surface area (Å²) in [6.07, 6.45) is 7.52. The molecule has 0 aliphatic heterocycles. The van der Waals surface area contributed by atoms with Crippen LogP contribution in [0.1, 0.15) is 25.0 Å². The highest BCUT2D eigenvalue weighted by molar-refractivity contribution is 5.63. The summed E-state index contributed by atoms with van der Waals surface area (Å²) in [6.45, 7) is 0. The Hall–Kier alpha value is -1.09. The molecule has 0 spiro atoms. The second kappa shape index (κ2) is 3.34. The molecular weight excluding hydrogens is 162 g/mol. The van der Waals surface area contributed by atoms with E-state index in [2.05, 4.69) is 11.2 Å². The van der Waals surface area contributed by atoms with Crippen LogP contribution in [0.4, 0.5) is 0 Å². The van der Waals surface area contributed by atoms with E-state index in [0.717, 1.165) is 18.5 Å². The van der Waals surface area contributed by atoms with E-state index in [9.17, 15) is 0 Å². The number of nitrogens with zero attached hydrogens (tertiary/aromatic N) is 2. The van der Waals surface area contributed by atoms with Crippen LogP contribution < -0.4 is 5.73 Å². The summed E-state index contributed by atoms with van der Waals surface area (Å²) in [6, 6.07) is 2.27. The number of rotatable bonds is 1. The molecule has 1 atom stereocenters. The number of aryl methyl sites for hydroxylation is 1. The van der Waals surface area contributed by atoms with Crippen molar-refractivity contribution < 1.29 is 0 Å². The smallest absolute Gasteiger partial charge is 0.0880 e. The maximum atomic E-state index is 5.86. The van der Waals surface area contributed by atoms with Crippen LogP contribution in [-0.4, -0.2) is 15.8 Å². The Bertz CT molecular complexity index is 325. The van der Waals surface area contributed by atoms with Crippen molar-refractivity contribution in [3.63, 3.8) is 0 Å².